The van der Waals surface area contributed by atoms with Crippen LogP contribution in [-0.4, -0.2) is 12.4 Å². The summed E-state index contributed by atoms with van der Waals surface area (Å²) in [4.78, 5) is 10.7. The highest BCUT2D eigenvalue weighted by Gasteiger charge is 1.99. The molecule has 1 rings (SSSR count). The molecule has 0 saturated heterocycles. The molecule has 0 spiro atoms. The van der Waals surface area contributed by atoms with E-state index in [0.29, 0.717) is 19.6 Å². The van der Waals surface area contributed by atoms with Crippen LogP contribution < -0.4 is 0 Å². The Morgan fingerprint density at radius 1 is 1.40 bits per heavy atom. The van der Waals surface area contributed by atoms with E-state index in [1.807, 2.05) is 24.3 Å². The van der Waals surface area contributed by atoms with E-state index in [1.54, 1.807) is 6.92 Å². The van der Waals surface area contributed by atoms with Crippen LogP contribution in [0.2, 0.25) is 5.02 Å². The highest BCUT2D eigenvalue weighted by atomic mass is 35.5. The van der Waals surface area contributed by atoms with Gasteiger partial charge < -0.3 is 9.53 Å². The van der Waals surface area contributed by atoms with Gasteiger partial charge in [0.25, 0.3) is 0 Å². The largest absolute Gasteiger partial charge is 0.377 e. The molecule has 0 amide bonds. The molecule has 0 aliphatic carbocycles. The number of carbonyl (C=O) groups is 1. The molecule has 0 atom stereocenters. The molecule has 0 aliphatic rings. The van der Waals surface area contributed by atoms with Crippen LogP contribution in [-0.2, 0) is 16.1 Å². The molecule has 0 N–H and O–H groups in total. The standard InChI is InChI=1S/C12H15ClO2/c1-10(14)5-4-8-15-9-11-6-2-3-7-12(11)13/h2-3,6-7H,4-5,8-9H2,1H3. The summed E-state index contributed by atoms with van der Waals surface area (Å²) < 4.78 is 5.41. The van der Waals surface area contributed by atoms with Gasteiger partial charge in [-0.15, -0.1) is 0 Å². The summed E-state index contributed by atoms with van der Waals surface area (Å²) in [6.07, 6.45) is 1.36. The number of ketones is 1. The van der Waals surface area contributed by atoms with Crippen LogP contribution in [0.25, 0.3) is 0 Å². The van der Waals surface area contributed by atoms with Crippen LogP contribution in [0.3, 0.4) is 0 Å². The van der Waals surface area contributed by atoms with Gasteiger partial charge in [0.05, 0.1) is 6.61 Å². The highest BCUT2D eigenvalue weighted by molar-refractivity contribution is 6.31. The molecule has 0 heterocycles. The first-order valence-electron chi connectivity index (χ1n) is 5.00. The molecule has 0 radical (unpaired) electrons. The van der Waals surface area contributed by atoms with Crippen molar-refractivity contribution in [3.05, 3.63) is 34.9 Å². The SMILES string of the molecule is CC(=O)CCCOCc1ccccc1Cl. The van der Waals surface area contributed by atoms with Gasteiger partial charge in [-0.05, 0) is 25.0 Å². The number of hydrogen-bond donors (Lipinski definition) is 0. The molecule has 0 saturated carbocycles. The lowest BCUT2D eigenvalue weighted by atomic mass is 10.2. The Bertz CT molecular complexity index is 323. The minimum Gasteiger partial charge on any atom is -0.377 e. The Hall–Kier alpha value is -0.860. The third-order valence-corrected chi connectivity index (χ3v) is 2.40. The molecule has 15 heavy (non-hydrogen) atoms. The predicted octanol–water partition coefficient (Wildman–Crippen LogP) is 3.23. The number of Topliss-reactive ketones (excluding diaryl/α,β-unsaturated/α-hetero) is 1. The van der Waals surface area contributed by atoms with Crippen LogP contribution in [0.1, 0.15) is 25.3 Å². The van der Waals surface area contributed by atoms with Crippen LogP contribution in [0.4, 0.5) is 0 Å². The molecule has 1 aromatic rings. The van der Waals surface area contributed by atoms with Gasteiger partial charge in [-0.25, -0.2) is 0 Å². The minimum absolute atomic E-state index is 0.205. The zero-order valence-electron chi connectivity index (χ0n) is 8.83. The van der Waals surface area contributed by atoms with Crippen LogP contribution >= 0.6 is 11.6 Å². The summed E-state index contributed by atoms with van der Waals surface area (Å²) in [7, 11) is 0. The van der Waals surface area contributed by atoms with Crippen LogP contribution in [0, 0.1) is 0 Å². The highest BCUT2D eigenvalue weighted by Crippen LogP contribution is 2.15. The van der Waals surface area contributed by atoms with E-state index < -0.39 is 0 Å². The van der Waals surface area contributed by atoms with Gasteiger partial charge in [-0.2, -0.15) is 0 Å². The zero-order valence-corrected chi connectivity index (χ0v) is 9.59. The zero-order chi connectivity index (χ0) is 11.1. The van der Waals surface area contributed by atoms with Gasteiger partial charge in [-0.1, -0.05) is 29.8 Å². The summed E-state index contributed by atoms with van der Waals surface area (Å²) in [5.74, 6) is 0.205. The van der Waals surface area contributed by atoms with E-state index in [1.165, 1.54) is 0 Å². The molecular formula is C12H15ClO2. The molecule has 1 aromatic carbocycles. The number of halogens is 1. The van der Waals surface area contributed by atoms with E-state index in [-0.39, 0.29) is 5.78 Å². The first kappa shape index (κ1) is 12.2. The Labute approximate surface area is 95.2 Å². The summed E-state index contributed by atoms with van der Waals surface area (Å²) in [5.41, 5.74) is 0.988. The first-order valence-corrected chi connectivity index (χ1v) is 5.38. The summed E-state index contributed by atoms with van der Waals surface area (Å²) in [5, 5.41) is 0.726. The molecule has 3 heteroatoms. The van der Waals surface area contributed by atoms with Gasteiger partial charge in [-0.3, -0.25) is 0 Å². The van der Waals surface area contributed by atoms with Crippen molar-refractivity contribution >= 4 is 17.4 Å². The number of rotatable bonds is 6. The van der Waals surface area contributed by atoms with Gasteiger partial charge in [0.2, 0.25) is 0 Å². The van der Waals surface area contributed by atoms with Crippen molar-refractivity contribution in [3.8, 4) is 0 Å². The Kier molecular flexibility index (Phi) is 5.37. The minimum atomic E-state index is 0.205. The van der Waals surface area contributed by atoms with E-state index in [9.17, 15) is 4.79 Å². The van der Waals surface area contributed by atoms with Crippen LogP contribution in [0.5, 0.6) is 0 Å². The fraction of sp³-hybridized carbons (Fsp3) is 0.417. The van der Waals surface area contributed by atoms with Crippen molar-refractivity contribution in [1.82, 2.24) is 0 Å². The average Bonchev–Trinajstić information content (AvgIpc) is 2.20. The summed E-state index contributed by atoms with van der Waals surface area (Å²) in [6.45, 7) is 2.70. The van der Waals surface area contributed by atoms with Crippen molar-refractivity contribution in [3.63, 3.8) is 0 Å². The maximum atomic E-state index is 10.7. The van der Waals surface area contributed by atoms with Gasteiger partial charge >= 0.3 is 0 Å². The lowest BCUT2D eigenvalue weighted by molar-refractivity contribution is -0.117. The maximum Gasteiger partial charge on any atom is 0.129 e. The molecule has 0 fully saturated rings. The fourth-order valence-corrected chi connectivity index (χ4v) is 1.41. The monoisotopic (exact) mass is 226 g/mol. The second-order valence-corrected chi connectivity index (χ2v) is 3.86. The molecule has 2 nitrogen and oxygen atoms in total. The maximum absolute atomic E-state index is 10.7. The molecule has 82 valence electrons. The van der Waals surface area contributed by atoms with Crippen LogP contribution in [0.15, 0.2) is 24.3 Å². The van der Waals surface area contributed by atoms with E-state index in [4.69, 9.17) is 16.3 Å². The molecule has 0 bridgehead atoms. The smallest absolute Gasteiger partial charge is 0.129 e. The third kappa shape index (κ3) is 4.96. The number of ether oxygens (including phenoxy) is 1. The van der Waals surface area contributed by atoms with Crippen molar-refractivity contribution in [2.75, 3.05) is 6.61 Å². The predicted molar refractivity (Wildman–Crippen MR) is 61.0 cm³/mol. The van der Waals surface area contributed by atoms with E-state index in [0.717, 1.165) is 17.0 Å². The fourth-order valence-electron chi connectivity index (χ4n) is 1.22. The third-order valence-electron chi connectivity index (χ3n) is 2.03. The second-order valence-electron chi connectivity index (χ2n) is 3.45. The average molecular weight is 227 g/mol. The van der Waals surface area contributed by atoms with Crippen molar-refractivity contribution in [1.29, 1.82) is 0 Å². The summed E-state index contributed by atoms with van der Waals surface area (Å²) in [6, 6.07) is 7.60. The Morgan fingerprint density at radius 2 is 2.13 bits per heavy atom. The lowest BCUT2D eigenvalue weighted by Gasteiger charge is -2.05. The molecule has 0 aromatic heterocycles. The Balaban J connectivity index is 2.21. The molecular weight excluding hydrogens is 212 g/mol. The number of benzene rings is 1. The normalized spacial score (nSPS) is 10.3. The Morgan fingerprint density at radius 3 is 2.80 bits per heavy atom. The number of carbonyl (C=O) groups excluding carboxylic acids is 1. The first-order chi connectivity index (χ1) is 7.20. The second kappa shape index (κ2) is 6.59. The van der Waals surface area contributed by atoms with Crippen molar-refractivity contribution in [2.45, 2.75) is 26.4 Å². The lowest BCUT2D eigenvalue weighted by Crippen LogP contribution is -1.98. The van der Waals surface area contributed by atoms with Gasteiger partial charge in [0, 0.05) is 18.1 Å². The summed E-state index contributed by atoms with van der Waals surface area (Å²) >= 11 is 5.95. The van der Waals surface area contributed by atoms with Crippen molar-refractivity contribution in [2.24, 2.45) is 0 Å². The molecule has 0 unspecified atom stereocenters. The van der Waals surface area contributed by atoms with Gasteiger partial charge in [0.1, 0.15) is 5.78 Å². The molecule has 0 aliphatic heterocycles. The van der Waals surface area contributed by atoms with E-state index in [2.05, 4.69) is 0 Å². The quantitative estimate of drug-likeness (QED) is 0.697. The van der Waals surface area contributed by atoms with Crippen molar-refractivity contribution < 1.29 is 9.53 Å². The topological polar surface area (TPSA) is 26.3 Å². The van der Waals surface area contributed by atoms with Gasteiger partial charge in [0.15, 0.2) is 0 Å². The van der Waals surface area contributed by atoms with E-state index >= 15 is 0 Å². The number of hydrogen-bond acceptors (Lipinski definition) is 2.